The molecular weight excluding hydrogens is 274 g/mol. The molecule has 0 saturated carbocycles. The Hall–Kier alpha value is -1.96. The van der Waals surface area contributed by atoms with Crippen molar-refractivity contribution in [2.24, 2.45) is 0 Å². The maximum atomic E-state index is 5.69. The van der Waals surface area contributed by atoms with Crippen LogP contribution in [0.2, 0.25) is 0 Å². The molecule has 0 aromatic carbocycles. The first-order valence-corrected chi connectivity index (χ1v) is 6.87. The summed E-state index contributed by atoms with van der Waals surface area (Å²) >= 11 is 1.28. The van der Waals surface area contributed by atoms with Crippen molar-refractivity contribution >= 4 is 23.7 Å². The van der Waals surface area contributed by atoms with E-state index in [9.17, 15) is 0 Å². The van der Waals surface area contributed by atoms with Gasteiger partial charge in [0, 0.05) is 25.5 Å². The van der Waals surface area contributed by atoms with Gasteiger partial charge in [-0.15, -0.1) is 0 Å². The summed E-state index contributed by atoms with van der Waals surface area (Å²) in [6.45, 7) is 5.92. The van der Waals surface area contributed by atoms with Gasteiger partial charge >= 0.3 is 0 Å². The van der Waals surface area contributed by atoms with Crippen LogP contribution in [0.3, 0.4) is 0 Å². The number of hydrogen-bond donors (Lipinski definition) is 1. The van der Waals surface area contributed by atoms with Crippen molar-refractivity contribution in [2.75, 3.05) is 24.7 Å². The monoisotopic (exact) mass is 291 g/mol. The summed E-state index contributed by atoms with van der Waals surface area (Å²) in [6, 6.07) is 0. The zero-order valence-electron chi connectivity index (χ0n) is 12.2. The largest absolute Gasteiger partial charge is 0.368 e. The SMILES string of the molecule is Cc1nc(Sc2nc(N)nc(N(C)C)n2)nc(C)c1C. The third-order valence-corrected chi connectivity index (χ3v) is 3.55. The fourth-order valence-corrected chi connectivity index (χ4v) is 2.27. The molecule has 0 bridgehead atoms. The van der Waals surface area contributed by atoms with Crippen LogP contribution < -0.4 is 10.6 Å². The van der Waals surface area contributed by atoms with Crippen molar-refractivity contribution in [1.82, 2.24) is 24.9 Å². The first kappa shape index (κ1) is 14.4. The highest BCUT2D eigenvalue weighted by molar-refractivity contribution is 7.99. The van der Waals surface area contributed by atoms with E-state index in [-0.39, 0.29) is 5.95 Å². The Labute approximate surface area is 122 Å². The van der Waals surface area contributed by atoms with E-state index in [0.29, 0.717) is 16.3 Å². The van der Waals surface area contributed by atoms with Gasteiger partial charge in [-0.25, -0.2) is 9.97 Å². The second kappa shape index (κ2) is 5.58. The van der Waals surface area contributed by atoms with Crippen LogP contribution in [0.5, 0.6) is 0 Å². The zero-order valence-corrected chi connectivity index (χ0v) is 13.0. The van der Waals surface area contributed by atoms with Gasteiger partial charge in [-0.05, 0) is 38.1 Å². The van der Waals surface area contributed by atoms with Crippen molar-refractivity contribution in [1.29, 1.82) is 0 Å². The highest BCUT2D eigenvalue weighted by atomic mass is 32.2. The summed E-state index contributed by atoms with van der Waals surface area (Å²) in [5, 5.41) is 1.10. The lowest BCUT2D eigenvalue weighted by atomic mass is 10.2. The third kappa shape index (κ3) is 3.13. The predicted octanol–water partition coefficient (Wildman–Crippen LogP) is 1.39. The first-order chi connectivity index (χ1) is 9.36. The van der Waals surface area contributed by atoms with Crippen LogP contribution in [-0.4, -0.2) is 39.0 Å². The van der Waals surface area contributed by atoms with Crippen LogP contribution in [0.25, 0.3) is 0 Å². The number of aryl methyl sites for hydroxylation is 2. The van der Waals surface area contributed by atoms with E-state index in [4.69, 9.17) is 5.73 Å². The van der Waals surface area contributed by atoms with Gasteiger partial charge in [-0.3, -0.25) is 0 Å². The topological polar surface area (TPSA) is 93.7 Å². The lowest BCUT2D eigenvalue weighted by Crippen LogP contribution is -2.15. The van der Waals surface area contributed by atoms with Crippen LogP contribution >= 0.6 is 11.8 Å². The van der Waals surface area contributed by atoms with Gasteiger partial charge in [0.25, 0.3) is 0 Å². The third-order valence-electron chi connectivity index (χ3n) is 2.82. The Morgan fingerprint density at radius 2 is 1.40 bits per heavy atom. The molecule has 0 saturated heterocycles. The molecule has 0 atom stereocenters. The summed E-state index contributed by atoms with van der Waals surface area (Å²) in [5.41, 5.74) is 8.69. The van der Waals surface area contributed by atoms with E-state index in [0.717, 1.165) is 17.0 Å². The Morgan fingerprint density at radius 1 is 0.850 bits per heavy atom. The fraction of sp³-hybridized carbons (Fsp3) is 0.417. The molecule has 7 nitrogen and oxygen atoms in total. The van der Waals surface area contributed by atoms with Crippen LogP contribution in [0.4, 0.5) is 11.9 Å². The number of nitrogens with two attached hydrogens (primary N) is 1. The minimum absolute atomic E-state index is 0.187. The lowest BCUT2D eigenvalue weighted by Gasteiger charge is -2.11. The van der Waals surface area contributed by atoms with Crippen LogP contribution in [0, 0.1) is 20.8 Å². The summed E-state index contributed by atoms with van der Waals surface area (Å²) in [4.78, 5) is 23.1. The number of nitrogens with zero attached hydrogens (tertiary/aromatic N) is 6. The number of aromatic nitrogens is 5. The molecular formula is C12H17N7S. The molecule has 0 aliphatic rings. The number of rotatable bonds is 3. The molecule has 20 heavy (non-hydrogen) atoms. The minimum atomic E-state index is 0.187. The summed E-state index contributed by atoms with van der Waals surface area (Å²) < 4.78 is 0. The normalized spacial score (nSPS) is 10.7. The van der Waals surface area contributed by atoms with Crippen molar-refractivity contribution in [3.05, 3.63) is 17.0 Å². The molecule has 2 heterocycles. The Balaban J connectivity index is 2.35. The van der Waals surface area contributed by atoms with Crippen LogP contribution in [0.1, 0.15) is 17.0 Å². The molecule has 2 rings (SSSR count). The molecule has 8 heteroatoms. The van der Waals surface area contributed by atoms with Crippen molar-refractivity contribution < 1.29 is 0 Å². The van der Waals surface area contributed by atoms with E-state index in [1.54, 1.807) is 4.90 Å². The van der Waals surface area contributed by atoms with Gasteiger partial charge in [0.15, 0.2) is 5.16 Å². The second-order valence-electron chi connectivity index (χ2n) is 4.57. The molecule has 2 aromatic heterocycles. The van der Waals surface area contributed by atoms with E-state index in [1.807, 2.05) is 34.9 Å². The van der Waals surface area contributed by atoms with Crippen molar-refractivity contribution in [2.45, 2.75) is 31.1 Å². The highest BCUT2D eigenvalue weighted by Crippen LogP contribution is 2.24. The molecule has 0 amide bonds. The van der Waals surface area contributed by atoms with Gasteiger partial charge < -0.3 is 10.6 Å². The molecule has 0 aliphatic carbocycles. The molecule has 0 aliphatic heterocycles. The quantitative estimate of drug-likeness (QED) is 0.848. The van der Waals surface area contributed by atoms with E-state index < -0.39 is 0 Å². The maximum absolute atomic E-state index is 5.69. The van der Waals surface area contributed by atoms with Gasteiger partial charge in [-0.1, -0.05) is 0 Å². The Morgan fingerprint density at radius 3 is 1.95 bits per heavy atom. The smallest absolute Gasteiger partial charge is 0.230 e. The molecule has 0 spiro atoms. The fourth-order valence-electron chi connectivity index (χ4n) is 1.48. The summed E-state index contributed by atoms with van der Waals surface area (Å²) in [6.07, 6.45) is 0. The van der Waals surface area contributed by atoms with Gasteiger partial charge in [-0.2, -0.15) is 15.0 Å². The van der Waals surface area contributed by atoms with E-state index in [1.165, 1.54) is 11.8 Å². The molecule has 2 aromatic rings. The predicted molar refractivity (Wildman–Crippen MR) is 78.9 cm³/mol. The van der Waals surface area contributed by atoms with Gasteiger partial charge in [0.05, 0.1) is 0 Å². The molecule has 0 fully saturated rings. The average molecular weight is 291 g/mol. The molecule has 106 valence electrons. The highest BCUT2D eigenvalue weighted by Gasteiger charge is 2.11. The standard InChI is InChI=1S/C12H17N7S/c1-6-7(2)14-11(15-8(6)3)20-12-17-9(13)16-10(18-12)19(4)5/h1-5H3,(H2,13,16,17,18). The van der Waals surface area contributed by atoms with Crippen LogP contribution in [0.15, 0.2) is 10.3 Å². The molecule has 0 radical (unpaired) electrons. The molecule has 0 unspecified atom stereocenters. The van der Waals surface area contributed by atoms with Crippen molar-refractivity contribution in [3.8, 4) is 0 Å². The number of hydrogen-bond acceptors (Lipinski definition) is 8. The first-order valence-electron chi connectivity index (χ1n) is 6.05. The van der Waals surface area contributed by atoms with Crippen LogP contribution in [-0.2, 0) is 0 Å². The zero-order chi connectivity index (χ0) is 14.9. The van der Waals surface area contributed by atoms with Gasteiger partial charge in [0.2, 0.25) is 17.1 Å². The summed E-state index contributed by atoms with van der Waals surface area (Å²) in [5.74, 6) is 0.701. The second-order valence-corrected chi connectivity index (χ2v) is 5.51. The molecule has 2 N–H and O–H groups in total. The maximum Gasteiger partial charge on any atom is 0.230 e. The van der Waals surface area contributed by atoms with Crippen molar-refractivity contribution in [3.63, 3.8) is 0 Å². The summed E-state index contributed by atoms with van der Waals surface area (Å²) in [7, 11) is 3.69. The Bertz CT molecular complexity index is 619. The number of nitrogen functional groups attached to an aromatic ring is 1. The average Bonchev–Trinajstić information content (AvgIpc) is 2.35. The Kier molecular flexibility index (Phi) is 4.03. The van der Waals surface area contributed by atoms with Gasteiger partial charge in [0.1, 0.15) is 0 Å². The van der Waals surface area contributed by atoms with E-state index >= 15 is 0 Å². The number of anilines is 2. The lowest BCUT2D eigenvalue weighted by molar-refractivity contribution is 0.851. The minimum Gasteiger partial charge on any atom is -0.368 e. The van der Waals surface area contributed by atoms with E-state index in [2.05, 4.69) is 24.9 Å².